The summed E-state index contributed by atoms with van der Waals surface area (Å²) in [5.74, 6) is -0.665. The summed E-state index contributed by atoms with van der Waals surface area (Å²) >= 11 is 0. The number of hydrogen-bond donors (Lipinski definition) is 2. The highest BCUT2D eigenvalue weighted by Gasteiger charge is 2.36. The number of nitrogens with one attached hydrogen (secondary N) is 2. The van der Waals surface area contributed by atoms with E-state index in [-0.39, 0.29) is 18.2 Å². The van der Waals surface area contributed by atoms with Gasteiger partial charge in [0.15, 0.2) is 0 Å². The Morgan fingerprint density at radius 1 is 0.929 bits per heavy atom. The summed E-state index contributed by atoms with van der Waals surface area (Å²) in [6.45, 7) is 11.9. The fraction of sp³-hybridized carbons (Fsp3) is 0.343. The van der Waals surface area contributed by atoms with Crippen LogP contribution in [-0.2, 0) is 27.3 Å². The van der Waals surface area contributed by atoms with Crippen LogP contribution in [0.3, 0.4) is 0 Å². The van der Waals surface area contributed by atoms with E-state index in [1.807, 2.05) is 91.9 Å². The SMILES string of the molecule is C=Cc1cccc(C(C(=O)NCc2ccccc2)N(CCCC)C(=O)C(Cc2ccccc2)NC(=O)OC(C)(C)C)c1. The van der Waals surface area contributed by atoms with Crippen LogP contribution >= 0.6 is 0 Å². The fourth-order valence-electron chi connectivity index (χ4n) is 4.61. The summed E-state index contributed by atoms with van der Waals surface area (Å²) in [4.78, 5) is 42.9. The van der Waals surface area contributed by atoms with Gasteiger partial charge in [-0.3, -0.25) is 9.59 Å². The Hall–Kier alpha value is -4.39. The van der Waals surface area contributed by atoms with Gasteiger partial charge >= 0.3 is 6.09 Å². The average molecular weight is 570 g/mol. The summed E-state index contributed by atoms with van der Waals surface area (Å²) < 4.78 is 5.52. The molecule has 0 aliphatic heterocycles. The second-order valence-corrected chi connectivity index (χ2v) is 11.3. The van der Waals surface area contributed by atoms with E-state index in [0.717, 1.165) is 23.1 Å². The van der Waals surface area contributed by atoms with E-state index in [1.165, 1.54) is 0 Å². The molecule has 2 unspecified atom stereocenters. The molecule has 7 heteroatoms. The number of amides is 3. The summed E-state index contributed by atoms with van der Waals surface area (Å²) in [6.07, 6.45) is 2.76. The molecular weight excluding hydrogens is 526 g/mol. The molecule has 3 aromatic rings. The van der Waals surface area contributed by atoms with Crippen molar-refractivity contribution in [3.05, 3.63) is 114 Å². The predicted molar refractivity (Wildman–Crippen MR) is 167 cm³/mol. The first-order valence-corrected chi connectivity index (χ1v) is 14.5. The van der Waals surface area contributed by atoms with Crippen molar-refractivity contribution < 1.29 is 19.1 Å². The molecule has 0 aliphatic rings. The highest BCUT2D eigenvalue weighted by Crippen LogP contribution is 2.25. The van der Waals surface area contributed by atoms with Crippen LogP contribution in [0.2, 0.25) is 0 Å². The van der Waals surface area contributed by atoms with Crippen molar-refractivity contribution >= 4 is 24.0 Å². The zero-order valence-electron chi connectivity index (χ0n) is 25.1. The van der Waals surface area contributed by atoms with E-state index < -0.39 is 23.8 Å². The zero-order valence-corrected chi connectivity index (χ0v) is 25.1. The minimum Gasteiger partial charge on any atom is -0.444 e. The third-order valence-electron chi connectivity index (χ3n) is 6.64. The van der Waals surface area contributed by atoms with Crippen molar-refractivity contribution in [3.8, 4) is 0 Å². The van der Waals surface area contributed by atoms with Crippen LogP contribution < -0.4 is 10.6 Å². The van der Waals surface area contributed by atoms with Gasteiger partial charge in [-0.25, -0.2) is 4.79 Å². The van der Waals surface area contributed by atoms with Gasteiger partial charge in [0.2, 0.25) is 11.8 Å². The normalized spacial score (nSPS) is 12.5. The van der Waals surface area contributed by atoms with Gasteiger partial charge in [-0.05, 0) is 55.5 Å². The Morgan fingerprint density at radius 3 is 2.17 bits per heavy atom. The van der Waals surface area contributed by atoms with Crippen molar-refractivity contribution in [2.75, 3.05) is 6.54 Å². The van der Waals surface area contributed by atoms with Crippen LogP contribution in [0.15, 0.2) is 91.5 Å². The van der Waals surface area contributed by atoms with Gasteiger partial charge in [0.1, 0.15) is 17.7 Å². The maximum absolute atomic E-state index is 14.5. The van der Waals surface area contributed by atoms with Crippen LogP contribution in [0.25, 0.3) is 6.08 Å². The molecule has 3 amide bonds. The van der Waals surface area contributed by atoms with Crippen LogP contribution in [0.1, 0.15) is 68.8 Å². The maximum Gasteiger partial charge on any atom is 0.408 e. The van der Waals surface area contributed by atoms with Gasteiger partial charge in [-0.1, -0.05) is 105 Å². The van der Waals surface area contributed by atoms with Crippen LogP contribution in [0, 0.1) is 0 Å². The average Bonchev–Trinajstić information content (AvgIpc) is 2.97. The van der Waals surface area contributed by atoms with Crippen molar-refractivity contribution in [1.29, 1.82) is 0 Å². The Labute approximate surface area is 250 Å². The molecule has 0 heterocycles. The Balaban J connectivity index is 2.02. The number of benzene rings is 3. The van der Waals surface area contributed by atoms with Crippen LogP contribution in [0.5, 0.6) is 0 Å². The number of unbranched alkanes of at least 4 members (excludes halogenated alkanes) is 1. The molecule has 3 aromatic carbocycles. The van der Waals surface area contributed by atoms with Gasteiger partial charge in [0.25, 0.3) is 0 Å². The van der Waals surface area contributed by atoms with E-state index in [4.69, 9.17) is 4.74 Å². The second-order valence-electron chi connectivity index (χ2n) is 11.3. The third kappa shape index (κ3) is 9.91. The number of alkyl carbamates (subject to hydrolysis) is 1. The van der Waals surface area contributed by atoms with Gasteiger partial charge in [0, 0.05) is 19.5 Å². The molecule has 0 saturated carbocycles. The van der Waals surface area contributed by atoms with Crippen molar-refractivity contribution in [3.63, 3.8) is 0 Å². The molecule has 0 fully saturated rings. The molecule has 0 aromatic heterocycles. The molecular formula is C35H43N3O4. The number of carbonyl (C=O) groups excluding carboxylic acids is 3. The lowest BCUT2D eigenvalue weighted by Gasteiger charge is -2.35. The zero-order chi connectivity index (χ0) is 30.5. The van der Waals surface area contributed by atoms with E-state index in [1.54, 1.807) is 31.7 Å². The molecule has 0 saturated heterocycles. The summed E-state index contributed by atoms with van der Waals surface area (Å²) in [7, 11) is 0. The highest BCUT2D eigenvalue weighted by molar-refractivity contribution is 5.92. The lowest BCUT2D eigenvalue weighted by molar-refractivity contribution is -0.142. The Morgan fingerprint density at radius 2 is 1.57 bits per heavy atom. The lowest BCUT2D eigenvalue weighted by atomic mass is 9.98. The quantitative estimate of drug-likeness (QED) is 0.248. The van der Waals surface area contributed by atoms with Gasteiger partial charge in [0.05, 0.1) is 0 Å². The molecule has 0 aliphatic carbocycles. The smallest absolute Gasteiger partial charge is 0.408 e. The van der Waals surface area contributed by atoms with E-state index in [0.29, 0.717) is 25.1 Å². The minimum atomic E-state index is -0.953. The van der Waals surface area contributed by atoms with Crippen LogP contribution in [0.4, 0.5) is 4.79 Å². The molecule has 3 rings (SSSR count). The maximum atomic E-state index is 14.5. The van der Waals surface area contributed by atoms with Gasteiger partial charge < -0.3 is 20.3 Å². The number of carbonyl (C=O) groups is 3. The number of nitrogens with zero attached hydrogens (tertiary/aromatic N) is 1. The van der Waals surface area contributed by atoms with Crippen LogP contribution in [-0.4, -0.2) is 41.0 Å². The largest absolute Gasteiger partial charge is 0.444 e. The molecule has 42 heavy (non-hydrogen) atoms. The molecule has 2 N–H and O–H groups in total. The lowest BCUT2D eigenvalue weighted by Crippen LogP contribution is -2.54. The molecule has 2 atom stereocenters. The number of hydrogen-bond acceptors (Lipinski definition) is 4. The number of ether oxygens (including phenoxy) is 1. The first-order chi connectivity index (χ1) is 20.1. The Kier molecular flexibility index (Phi) is 11.9. The first kappa shape index (κ1) is 32.1. The summed E-state index contributed by atoms with van der Waals surface area (Å²) in [5, 5.41) is 5.84. The topological polar surface area (TPSA) is 87.7 Å². The minimum absolute atomic E-state index is 0.243. The van der Waals surface area contributed by atoms with E-state index in [9.17, 15) is 14.4 Å². The molecule has 7 nitrogen and oxygen atoms in total. The molecule has 0 bridgehead atoms. The Bertz CT molecular complexity index is 1320. The van der Waals surface area contributed by atoms with Crippen molar-refractivity contribution in [1.82, 2.24) is 15.5 Å². The fourth-order valence-corrected chi connectivity index (χ4v) is 4.61. The van der Waals surface area contributed by atoms with E-state index in [2.05, 4.69) is 17.2 Å². The number of rotatable bonds is 13. The van der Waals surface area contributed by atoms with Crippen molar-refractivity contribution in [2.24, 2.45) is 0 Å². The standard InChI is InChI=1S/C35H43N3O4/c1-6-8-22-38(33(40)30(24-27-16-11-9-12-17-27)37-34(41)42-35(3,4)5)31(29-21-15-20-26(7-2)23-29)32(39)36-25-28-18-13-10-14-19-28/h7,9-21,23,30-31H,2,6,8,22,24-25H2,1,3-5H3,(H,36,39)(H,37,41). The molecule has 0 radical (unpaired) electrons. The summed E-state index contributed by atoms with van der Waals surface area (Å²) in [6, 6.07) is 24.7. The first-order valence-electron chi connectivity index (χ1n) is 14.5. The third-order valence-corrected chi connectivity index (χ3v) is 6.64. The second kappa shape index (κ2) is 15.6. The summed E-state index contributed by atoms with van der Waals surface area (Å²) in [5.41, 5.74) is 2.59. The van der Waals surface area contributed by atoms with Gasteiger partial charge in [-0.2, -0.15) is 0 Å². The van der Waals surface area contributed by atoms with Crippen molar-refractivity contribution in [2.45, 2.75) is 71.2 Å². The monoisotopic (exact) mass is 569 g/mol. The molecule has 0 spiro atoms. The molecule has 222 valence electrons. The van der Waals surface area contributed by atoms with Gasteiger partial charge in [-0.15, -0.1) is 0 Å². The highest BCUT2D eigenvalue weighted by atomic mass is 16.6. The predicted octanol–water partition coefficient (Wildman–Crippen LogP) is 6.45. The van der Waals surface area contributed by atoms with E-state index >= 15 is 0 Å².